The molecule has 136 valence electrons. The van der Waals surface area contributed by atoms with Crippen LogP contribution in [0.3, 0.4) is 0 Å². The summed E-state index contributed by atoms with van der Waals surface area (Å²) in [6.45, 7) is 2.61. The van der Waals surface area contributed by atoms with E-state index in [1.807, 2.05) is 12.3 Å². The second kappa shape index (κ2) is 8.47. The van der Waals surface area contributed by atoms with Crippen LogP contribution in [0.1, 0.15) is 33.6 Å². The zero-order chi connectivity index (χ0) is 18.4. The minimum absolute atomic E-state index is 0.115. The van der Waals surface area contributed by atoms with E-state index in [0.29, 0.717) is 23.6 Å². The lowest BCUT2D eigenvalue weighted by atomic mass is 9.96. The highest BCUT2D eigenvalue weighted by Crippen LogP contribution is 2.22. The summed E-state index contributed by atoms with van der Waals surface area (Å²) in [4.78, 5) is 30.2. The topological polar surface area (TPSA) is 71.5 Å². The molecule has 1 aliphatic heterocycles. The summed E-state index contributed by atoms with van der Waals surface area (Å²) in [7, 11) is 1.34. The summed E-state index contributed by atoms with van der Waals surface area (Å²) in [5, 5.41) is 3.00. The maximum absolute atomic E-state index is 12.3. The molecule has 1 N–H and O–H groups in total. The molecule has 0 unspecified atom stereocenters. The van der Waals surface area contributed by atoms with Crippen molar-refractivity contribution in [2.75, 3.05) is 31.6 Å². The van der Waals surface area contributed by atoms with E-state index in [0.717, 1.165) is 31.6 Å². The molecule has 1 aliphatic rings. The number of methoxy groups -OCH3 is 1. The Bertz CT molecular complexity index is 739. The summed E-state index contributed by atoms with van der Waals surface area (Å²) >= 11 is 0. The van der Waals surface area contributed by atoms with Crippen molar-refractivity contribution in [3.63, 3.8) is 0 Å². The SMILES string of the molecule is COC(=O)c1ccc(C(=O)NCC2CCN(c3cccnc3)CC2)cc1. The van der Waals surface area contributed by atoms with E-state index in [1.54, 1.807) is 30.5 Å². The zero-order valence-corrected chi connectivity index (χ0v) is 14.9. The van der Waals surface area contributed by atoms with Gasteiger partial charge in [-0.15, -0.1) is 0 Å². The lowest BCUT2D eigenvalue weighted by Crippen LogP contribution is -2.38. The van der Waals surface area contributed by atoms with Gasteiger partial charge >= 0.3 is 5.97 Å². The normalized spacial score (nSPS) is 14.7. The fourth-order valence-corrected chi connectivity index (χ4v) is 3.15. The van der Waals surface area contributed by atoms with Crippen LogP contribution in [0.25, 0.3) is 0 Å². The summed E-state index contributed by atoms with van der Waals surface area (Å²) in [5.41, 5.74) is 2.14. The number of ether oxygens (including phenoxy) is 1. The molecule has 6 heteroatoms. The van der Waals surface area contributed by atoms with Gasteiger partial charge in [0.1, 0.15) is 0 Å². The Kier molecular flexibility index (Phi) is 5.84. The fourth-order valence-electron chi connectivity index (χ4n) is 3.15. The van der Waals surface area contributed by atoms with Crippen molar-refractivity contribution in [2.45, 2.75) is 12.8 Å². The van der Waals surface area contributed by atoms with E-state index in [-0.39, 0.29) is 5.91 Å². The number of esters is 1. The van der Waals surface area contributed by atoms with Gasteiger partial charge < -0.3 is 15.0 Å². The Hall–Kier alpha value is -2.89. The Morgan fingerprint density at radius 3 is 2.46 bits per heavy atom. The molecule has 1 aromatic heterocycles. The highest BCUT2D eigenvalue weighted by atomic mass is 16.5. The number of piperidine rings is 1. The number of pyridine rings is 1. The summed E-state index contributed by atoms with van der Waals surface area (Å²) in [6.07, 6.45) is 5.75. The first kappa shape index (κ1) is 17.9. The number of carbonyl (C=O) groups is 2. The zero-order valence-electron chi connectivity index (χ0n) is 14.9. The lowest BCUT2D eigenvalue weighted by molar-refractivity contribution is 0.0600. The molecule has 0 bridgehead atoms. The maximum Gasteiger partial charge on any atom is 0.337 e. The molecule has 26 heavy (non-hydrogen) atoms. The first-order valence-electron chi connectivity index (χ1n) is 8.79. The Morgan fingerprint density at radius 2 is 1.85 bits per heavy atom. The van der Waals surface area contributed by atoms with Crippen LogP contribution >= 0.6 is 0 Å². The number of carbonyl (C=O) groups excluding carboxylic acids is 2. The third-order valence-electron chi connectivity index (χ3n) is 4.75. The average molecular weight is 353 g/mol. The number of hydrogen-bond donors (Lipinski definition) is 1. The molecule has 0 aliphatic carbocycles. The van der Waals surface area contributed by atoms with Gasteiger partial charge in [-0.25, -0.2) is 4.79 Å². The van der Waals surface area contributed by atoms with Gasteiger partial charge in [0.05, 0.1) is 24.6 Å². The molecule has 0 atom stereocenters. The van der Waals surface area contributed by atoms with Gasteiger partial charge in [-0.1, -0.05) is 0 Å². The van der Waals surface area contributed by atoms with Gasteiger partial charge in [0.25, 0.3) is 5.91 Å². The third-order valence-corrected chi connectivity index (χ3v) is 4.75. The van der Waals surface area contributed by atoms with E-state index in [1.165, 1.54) is 7.11 Å². The molecular weight excluding hydrogens is 330 g/mol. The van der Waals surface area contributed by atoms with Crippen LogP contribution in [0.4, 0.5) is 5.69 Å². The minimum atomic E-state index is -0.405. The third kappa shape index (κ3) is 4.39. The highest BCUT2D eigenvalue weighted by molar-refractivity contribution is 5.96. The van der Waals surface area contributed by atoms with Crippen LogP contribution < -0.4 is 10.2 Å². The molecule has 0 saturated carbocycles. The van der Waals surface area contributed by atoms with Crippen LogP contribution in [0.15, 0.2) is 48.8 Å². The fraction of sp³-hybridized carbons (Fsp3) is 0.350. The average Bonchev–Trinajstić information content (AvgIpc) is 2.72. The van der Waals surface area contributed by atoms with Gasteiger partial charge in [0.15, 0.2) is 0 Å². The second-order valence-electron chi connectivity index (χ2n) is 6.42. The minimum Gasteiger partial charge on any atom is -0.465 e. The maximum atomic E-state index is 12.3. The first-order chi connectivity index (χ1) is 12.7. The Balaban J connectivity index is 1.46. The molecule has 6 nitrogen and oxygen atoms in total. The first-order valence-corrected chi connectivity index (χ1v) is 8.79. The monoisotopic (exact) mass is 353 g/mol. The molecule has 2 aromatic rings. The number of hydrogen-bond acceptors (Lipinski definition) is 5. The van der Waals surface area contributed by atoms with Crippen LogP contribution in [0.5, 0.6) is 0 Å². The largest absolute Gasteiger partial charge is 0.465 e. The van der Waals surface area contributed by atoms with Gasteiger partial charge in [0, 0.05) is 31.4 Å². The van der Waals surface area contributed by atoms with Gasteiger partial charge in [-0.3, -0.25) is 9.78 Å². The van der Waals surface area contributed by atoms with E-state index in [2.05, 4.69) is 26.0 Å². The standard InChI is InChI=1S/C20H23N3O3/c1-26-20(25)17-6-4-16(5-7-17)19(24)22-13-15-8-11-23(12-9-15)18-3-2-10-21-14-18/h2-7,10,14-15H,8-9,11-13H2,1H3,(H,22,24). The van der Waals surface area contributed by atoms with Crippen molar-refractivity contribution >= 4 is 17.6 Å². The van der Waals surface area contributed by atoms with Crippen LogP contribution in [-0.4, -0.2) is 43.6 Å². The van der Waals surface area contributed by atoms with Crippen molar-refractivity contribution in [2.24, 2.45) is 5.92 Å². The van der Waals surface area contributed by atoms with Crippen molar-refractivity contribution in [3.05, 3.63) is 59.9 Å². The van der Waals surface area contributed by atoms with Gasteiger partial charge in [-0.2, -0.15) is 0 Å². The summed E-state index contributed by atoms with van der Waals surface area (Å²) in [6, 6.07) is 10.5. The molecule has 0 radical (unpaired) electrons. The molecule has 1 amide bonds. The van der Waals surface area contributed by atoms with Crippen LogP contribution in [-0.2, 0) is 4.74 Å². The smallest absolute Gasteiger partial charge is 0.337 e. The molecule has 2 heterocycles. The van der Waals surface area contributed by atoms with Gasteiger partial charge in [0.2, 0.25) is 0 Å². The molecule has 1 aromatic carbocycles. The second-order valence-corrected chi connectivity index (χ2v) is 6.42. The predicted octanol–water partition coefficient (Wildman–Crippen LogP) is 2.51. The molecule has 3 rings (SSSR count). The summed E-state index contributed by atoms with van der Waals surface area (Å²) in [5.74, 6) is -0.0466. The van der Waals surface area contributed by atoms with Crippen LogP contribution in [0.2, 0.25) is 0 Å². The number of anilines is 1. The van der Waals surface area contributed by atoms with Crippen LogP contribution in [0, 0.1) is 5.92 Å². The summed E-state index contributed by atoms with van der Waals surface area (Å²) < 4.78 is 4.66. The number of rotatable bonds is 5. The van der Waals surface area contributed by atoms with E-state index >= 15 is 0 Å². The number of amides is 1. The number of benzene rings is 1. The number of aromatic nitrogens is 1. The molecular formula is C20H23N3O3. The molecule has 1 fully saturated rings. The molecule has 1 saturated heterocycles. The molecule has 0 spiro atoms. The van der Waals surface area contributed by atoms with E-state index < -0.39 is 5.97 Å². The Labute approximate surface area is 153 Å². The van der Waals surface area contributed by atoms with Gasteiger partial charge in [-0.05, 0) is 55.2 Å². The quantitative estimate of drug-likeness (QED) is 0.837. The highest BCUT2D eigenvalue weighted by Gasteiger charge is 2.20. The lowest BCUT2D eigenvalue weighted by Gasteiger charge is -2.33. The van der Waals surface area contributed by atoms with Crippen molar-refractivity contribution in [1.29, 1.82) is 0 Å². The van der Waals surface area contributed by atoms with Crippen molar-refractivity contribution in [1.82, 2.24) is 10.3 Å². The van der Waals surface area contributed by atoms with E-state index in [9.17, 15) is 9.59 Å². The van der Waals surface area contributed by atoms with Crippen molar-refractivity contribution in [3.8, 4) is 0 Å². The van der Waals surface area contributed by atoms with E-state index in [4.69, 9.17) is 0 Å². The number of nitrogens with zero attached hydrogens (tertiary/aromatic N) is 2. The predicted molar refractivity (Wildman–Crippen MR) is 99.3 cm³/mol. The number of nitrogens with one attached hydrogen (secondary N) is 1. The van der Waals surface area contributed by atoms with Crippen molar-refractivity contribution < 1.29 is 14.3 Å². The Morgan fingerprint density at radius 1 is 1.15 bits per heavy atom.